The maximum atomic E-state index is 2.89. The second-order valence-electron chi connectivity index (χ2n) is 1.08. The summed E-state index contributed by atoms with van der Waals surface area (Å²) in [6.07, 6.45) is 0. The number of rotatable bonds is 0. The fourth-order valence-electron chi connectivity index (χ4n) is 0.342. The molecule has 0 unspecified atom stereocenters. The maximum Gasteiger partial charge on any atom is 0 e. The zero-order valence-electron chi connectivity index (χ0n) is 4.72. The van der Waals surface area contributed by atoms with Gasteiger partial charge in [0.25, 0.3) is 0 Å². The van der Waals surface area contributed by atoms with Crippen LogP contribution < -0.4 is 24.8 Å². The molecule has 0 atom stereocenters. The van der Waals surface area contributed by atoms with E-state index in [1.54, 1.807) is 0 Å². The monoisotopic (exact) mass is 262 g/mol. The summed E-state index contributed by atoms with van der Waals surface area (Å²) in [4.78, 5) is 0. The molecular formula is C6H5Cl2In-2. The standard InChI is InChI=1S/C6H5.2ClH.In/c1-2-4-6-5-3-1;;;/h1-5H;2*1H;/p-2. The summed E-state index contributed by atoms with van der Waals surface area (Å²) in [5.41, 5.74) is 0. The molecule has 1 rings (SSSR count). The van der Waals surface area contributed by atoms with Crippen LogP contribution >= 0.6 is 0 Å². The Kier molecular flexibility index (Phi) is 20.8. The van der Waals surface area contributed by atoms with Crippen molar-refractivity contribution in [3.8, 4) is 0 Å². The molecule has 0 amide bonds. The molecule has 0 nitrogen and oxygen atoms in total. The third-order valence-electron chi connectivity index (χ3n) is 0.607. The molecular weight excluding hydrogens is 258 g/mol. The number of hydrogen-bond donors (Lipinski definition) is 0. The van der Waals surface area contributed by atoms with Crippen molar-refractivity contribution in [1.82, 2.24) is 0 Å². The minimum absolute atomic E-state index is 0. The molecule has 9 heavy (non-hydrogen) atoms. The molecule has 3 heteroatoms. The fourth-order valence-corrected chi connectivity index (χ4v) is 0.342. The van der Waals surface area contributed by atoms with Crippen molar-refractivity contribution < 1.29 is 24.8 Å². The zero-order chi connectivity index (χ0) is 4.24. The number of hydrogen-bond acceptors (Lipinski definition) is 0. The predicted molar refractivity (Wildman–Crippen MR) is 31.0 cm³/mol. The first-order chi connectivity index (χ1) is 3.00. The van der Waals surface area contributed by atoms with Crippen molar-refractivity contribution in [2.75, 3.05) is 0 Å². The Bertz CT molecular complexity index is 83.0. The van der Waals surface area contributed by atoms with Crippen LogP contribution in [0.3, 0.4) is 0 Å². The van der Waals surface area contributed by atoms with Crippen LogP contribution in [0.1, 0.15) is 0 Å². The van der Waals surface area contributed by atoms with Crippen molar-refractivity contribution >= 4 is 25.8 Å². The van der Waals surface area contributed by atoms with Gasteiger partial charge in [0.2, 0.25) is 0 Å². The van der Waals surface area contributed by atoms with Gasteiger partial charge < -0.3 is 24.8 Å². The van der Waals surface area contributed by atoms with Gasteiger partial charge in [0.05, 0.1) is 0 Å². The third-order valence-corrected chi connectivity index (χ3v) is 0.607. The smallest absolute Gasteiger partial charge is 0 e. The van der Waals surface area contributed by atoms with E-state index in [2.05, 4.69) is 6.07 Å². The minimum atomic E-state index is 0. The Labute approximate surface area is 86.6 Å². The van der Waals surface area contributed by atoms with E-state index in [0.717, 1.165) is 0 Å². The third kappa shape index (κ3) is 8.67. The van der Waals surface area contributed by atoms with Crippen LogP contribution in [0.25, 0.3) is 0 Å². The number of benzene rings is 1. The zero-order valence-corrected chi connectivity index (χ0v) is 9.53. The molecule has 0 N–H and O–H groups in total. The van der Waals surface area contributed by atoms with Crippen LogP contribution in [-0.4, -0.2) is 25.8 Å². The summed E-state index contributed by atoms with van der Waals surface area (Å²) < 4.78 is 0. The topological polar surface area (TPSA) is 0 Å². The van der Waals surface area contributed by atoms with Gasteiger partial charge in [0.15, 0.2) is 0 Å². The Morgan fingerprint density at radius 1 is 0.778 bits per heavy atom. The van der Waals surface area contributed by atoms with Gasteiger partial charge in [-0.25, -0.2) is 0 Å². The van der Waals surface area contributed by atoms with E-state index in [0.29, 0.717) is 0 Å². The Hall–Kier alpha value is 0.670. The normalized spacial score (nSPS) is 5.33. The molecule has 0 aliphatic heterocycles. The summed E-state index contributed by atoms with van der Waals surface area (Å²) in [5, 5.41) is 0. The Morgan fingerprint density at radius 2 is 1.22 bits per heavy atom. The van der Waals surface area contributed by atoms with Crippen molar-refractivity contribution in [1.29, 1.82) is 0 Å². The van der Waals surface area contributed by atoms with E-state index in [9.17, 15) is 0 Å². The van der Waals surface area contributed by atoms with E-state index in [-0.39, 0.29) is 50.7 Å². The van der Waals surface area contributed by atoms with Crippen molar-refractivity contribution in [3.63, 3.8) is 0 Å². The number of halogens is 2. The second-order valence-corrected chi connectivity index (χ2v) is 1.08. The molecule has 0 aliphatic carbocycles. The van der Waals surface area contributed by atoms with Crippen molar-refractivity contribution in [2.24, 2.45) is 0 Å². The first kappa shape index (κ1) is 16.3. The molecule has 4 radical (unpaired) electrons. The van der Waals surface area contributed by atoms with E-state index in [1.165, 1.54) is 0 Å². The molecule has 0 spiro atoms. The average Bonchev–Trinajstić information content (AvgIpc) is 1.72. The van der Waals surface area contributed by atoms with Gasteiger partial charge in [0, 0.05) is 25.8 Å². The first-order valence-corrected chi connectivity index (χ1v) is 1.91. The quantitative estimate of drug-likeness (QED) is 0.440. The molecule has 0 saturated heterocycles. The van der Waals surface area contributed by atoms with Crippen LogP contribution in [0.5, 0.6) is 0 Å². The summed E-state index contributed by atoms with van der Waals surface area (Å²) in [5.74, 6) is 0. The van der Waals surface area contributed by atoms with Crippen molar-refractivity contribution in [3.05, 3.63) is 36.4 Å². The second kappa shape index (κ2) is 11.5. The van der Waals surface area contributed by atoms with Gasteiger partial charge in [-0.2, -0.15) is 0 Å². The maximum absolute atomic E-state index is 2.89. The predicted octanol–water partition coefficient (Wildman–Crippen LogP) is -4.89. The van der Waals surface area contributed by atoms with Gasteiger partial charge in [-0.1, -0.05) is 30.3 Å². The van der Waals surface area contributed by atoms with Crippen LogP contribution in [-0.2, 0) is 0 Å². The Balaban J connectivity index is -0.000000120. The van der Waals surface area contributed by atoms with Gasteiger partial charge in [-0.05, 0) is 6.07 Å². The Morgan fingerprint density at radius 3 is 1.33 bits per heavy atom. The van der Waals surface area contributed by atoms with Crippen LogP contribution in [0.15, 0.2) is 30.3 Å². The van der Waals surface area contributed by atoms with Crippen LogP contribution in [0.4, 0.5) is 0 Å². The van der Waals surface area contributed by atoms with E-state index >= 15 is 0 Å². The molecule has 0 saturated carbocycles. The molecule has 0 fully saturated rings. The molecule has 1 aromatic rings. The summed E-state index contributed by atoms with van der Waals surface area (Å²) in [6, 6.07) is 12.5. The van der Waals surface area contributed by atoms with Gasteiger partial charge in [-0.3, -0.25) is 0 Å². The molecule has 0 bridgehead atoms. The molecule has 0 aromatic heterocycles. The molecule has 1 aromatic carbocycles. The first-order valence-electron chi connectivity index (χ1n) is 1.91. The minimum Gasteiger partial charge on any atom is -1.00 e. The molecule has 48 valence electrons. The molecule has 0 heterocycles. The summed E-state index contributed by atoms with van der Waals surface area (Å²) in [6.45, 7) is 0. The largest absolute Gasteiger partial charge is 1.00 e. The van der Waals surface area contributed by atoms with Crippen LogP contribution in [0.2, 0.25) is 0 Å². The fraction of sp³-hybridized carbons (Fsp3) is 0. The molecule has 0 aliphatic rings. The van der Waals surface area contributed by atoms with Crippen LogP contribution in [0, 0.1) is 6.07 Å². The van der Waals surface area contributed by atoms with Gasteiger partial charge in [-0.15, -0.1) is 0 Å². The average molecular weight is 263 g/mol. The van der Waals surface area contributed by atoms with Gasteiger partial charge in [0.1, 0.15) is 0 Å². The SMILES string of the molecule is [Cl-].[Cl-].[In].[c]1ccccc1. The van der Waals surface area contributed by atoms with E-state index in [1.807, 2.05) is 30.3 Å². The summed E-state index contributed by atoms with van der Waals surface area (Å²) in [7, 11) is 0. The van der Waals surface area contributed by atoms with E-state index < -0.39 is 0 Å². The van der Waals surface area contributed by atoms with E-state index in [4.69, 9.17) is 0 Å². The summed E-state index contributed by atoms with van der Waals surface area (Å²) >= 11 is 0. The van der Waals surface area contributed by atoms with Gasteiger partial charge >= 0.3 is 0 Å². The van der Waals surface area contributed by atoms with Crippen molar-refractivity contribution in [2.45, 2.75) is 0 Å².